The Morgan fingerprint density at radius 1 is 1.33 bits per heavy atom. The smallest absolute Gasteiger partial charge is 0.148 e. The van der Waals surface area contributed by atoms with E-state index in [1.54, 1.807) is 12.3 Å². The van der Waals surface area contributed by atoms with E-state index in [1.165, 1.54) is 6.20 Å². The molecule has 3 N–H and O–H groups in total. The molecule has 0 aliphatic carbocycles. The van der Waals surface area contributed by atoms with E-state index in [1.807, 2.05) is 12.1 Å². The fourth-order valence-electron chi connectivity index (χ4n) is 1.24. The van der Waals surface area contributed by atoms with Crippen molar-refractivity contribution in [2.24, 2.45) is 5.73 Å². The van der Waals surface area contributed by atoms with Crippen molar-refractivity contribution in [1.82, 2.24) is 9.97 Å². The molecule has 0 saturated carbocycles. The van der Waals surface area contributed by atoms with Crippen LogP contribution in [0.5, 0.6) is 0 Å². The number of thiocarbonyl (C=S) groups is 1. The van der Waals surface area contributed by atoms with Crippen LogP contribution in [0.2, 0.25) is 5.02 Å². The van der Waals surface area contributed by atoms with Gasteiger partial charge in [0.05, 0.1) is 17.4 Å². The molecule has 0 aliphatic rings. The highest BCUT2D eigenvalue weighted by molar-refractivity contribution is 9.10. The standard InChI is InChI=1S/C11H8BrClN4S/c12-7-3-6(1-2-8(7)13)17-10-5-15-9(4-16-10)11(14)18/h1-5H,(H2,14,18)(H,16,17). The summed E-state index contributed by atoms with van der Waals surface area (Å²) in [5, 5.41) is 3.74. The largest absolute Gasteiger partial charge is 0.388 e. The molecule has 0 atom stereocenters. The van der Waals surface area contributed by atoms with Gasteiger partial charge in [-0.2, -0.15) is 0 Å². The third-order valence-electron chi connectivity index (χ3n) is 2.10. The zero-order valence-corrected chi connectivity index (χ0v) is 12.2. The van der Waals surface area contributed by atoms with Crippen LogP contribution in [-0.4, -0.2) is 15.0 Å². The number of anilines is 2. The molecule has 0 fully saturated rings. The lowest BCUT2D eigenvalue weighted by atomic mass is 10.3. The number of halogens is 2. The summed E-state index contributed by atoms with van der Waals surface area (Å²) in [7, 11) is 0. The van der Waals surface area contributed by atoms with E-state index in [0.717, 1.165) is 10.2 Å². The van der Waals surface area contributed by atoms with E-state index < -0.39 is 0 Å². The SMILES string of the molecule is NC(=S)c1cnc(Nc2ccc(Cl)c(Br)c2)cn1. The van der Waals surface area contributed by atoms with Crippen LogP contribution in [0.25, 0.3) is 0 Å². The van der Waals surface area contributed by atoms with Gasteiger partial charge in [0.1, 0.15) is 16.5 Å². The Balaban J connectivity index is 2.18. The van der Waals surface area contributed by atoms with E-state index in [0.29, 0.717) is 16.5 Å². The van der Waals surface area contributed by atoms with Gasteiger partial charge in [-0.3, -0.25) is 0 Å². The molecule has 2 aromatic rings. The van der Waals surface area contributed by atoms with E-state index in [2.05, 4.69) is 31.2 Å². The number of nitrogens with two attached hydrogens (primary N) is 1. The lowest BCUT2D eigenvalue weighted by Gasteiger charge is -2.06. The Morgan fingerprint density at radius 3 is 2.67 bits per heavy atom. The lowest BCUT2D eigenvalue weighted by Crippen LogP contribution is -2.12. The molecule has 4 nitrogen and oxygen atoms in total. The molecule has 92 valence electrons. The van der Waals surface area contributed by atoms with E-state index in [9.17, 15) is 0 Å². The molecule has 0 amide bonds. The van der Waals surface area contributed by atoms with Crippen molar-refractivity contribution in [2.45, 2.75) is 0 Å². The van der Waals surface area contributed by atoms with Crippen LogP contribution in [0, 0.1) is 0 Å². The highest BCUT2D eigenvalue weighted by Gasteiger charge is 2.02. The van der Waals surface area contributed by atoms with Crippen molar-refractivity contribution in [1.29, 1.82) is 0 Å². The summed E-state index contributed by atoms with van der Waals surface area (Å²) < 4.78 is 0.807. The summed E-state index contributed by atoms with van der Waals surface area (Å²) in [5.41, 5.74) is 6.78. The average molecular weight is 344 g/mol. The third-order valence-corrected chi connectivity index (χ3v) is 3.52. The molecule has 0 saturated heterocycles. The van der Waals surface area contributed by atoms with Gasteiger partial charge < -0.3 is 11.1 Å². The number of nitrogens with one attached hydrogen (secondary N) is 1. The number of nitrogens with zero attached hydrogens (tertiary/aromatic N) is 2. The Kier molecular flexibility index (Phi) is 4.11. The van der Waals surface area contributed by atoms with Crippen molar-refractivity contribution in [3.05, 3.63) is 45.8 Å². The number of benzene rings is 1. The first-order chi connectivity index (χ1) is 8.56. The molecule has 1 aromatic carbocycles. The molecule has 18 heavy (non-hydrogen) atoms. The zero-order chi connectivity index (χ0) is 13.1. The van der Waals surface area contributed by atoms with E-state index in [-0.39, 0.29) is 4.99 Å². The molecule has 0 spiro atoms. The first-order valence-corrected chi connectivity index (χ1v) is 6.48. The fourth-order valence-corrected chi connectivity index (χ4v) is 1.84. The number of aromatic nitrogens is 2. The Bertz CT molecular complexity index is 588. The van der Waals surface area contributed by atoms with Crippen molar-refractivity contribution >= 4 is 56.2 Å². The van der Waals surface area contributed by atoms with Crippen LogP contribution in [0.1, 0.15) is 5.69 Å². The molecule has 1 aromatic heterocycles. The normalized spacial score (nSPS) is 10.1. The highest BCUT2D eigenvalue weighted by atomic mass is 79.9. The predicted molar refractivity (Wildman–Crippen MR) is 80.4 cm³/mol. The van der Waals surface area contributed by atoms with Gasteiger partial charge in [0, 0.05) is 10.2 Å². The maximum Gasteiger partial charge on any atom is 0.148 e. The number of hydrogen-bond donors (Lipinski definition) is 2. The molecule has 1 heterocycles. The molecule has 7 heteroatoms. The summed E-state index contributed by atoms with van der Waals surface area (Å²) in [6, 6.07) is 5.48. The molecule has 0 radical (unpaired) electrons. The van der Waals surface area contributed by atoms with Crippen LogP contribution in [0.3, 0.4) is 0 Å². The van der Waals surface area contributed by atoms with Gasteiger partial charge in [-0.05, 0) is 34.1 Å². The predicted octanol–water partition coefficient (Wildman–Crippen LogP) is 3.27. The van der Waals surface area contributed by atoms with Crippen molar-refractivity contribution in [3.8, 4) is 0 Å². The molecule has 0 bridgehead atoms. The Labute approximate surface area is 123 Å². The van der Waals surface area contributed by atoms with Crippen LogP contribution in [-0.2, 0) is 0 Å². The summed E-state index contributed by atoms with van der Waals surface area (Å²) in [6.45, 7) is 0. The third kappa shape index (κ3) is 3.16. The minimum atomic E-state index is 0.225. The second-order valence-electron chi connectivity index (χ2n) is 3.41. The maximum absolute atomic E-state index is 5.91. The van der Waals surface area contributed by atoms with Gasteiger partial charge in [-0.15, -0.1) is 0 Å². The van der Waals surface area contributed by atoms with Crippen molar-refractivity contribution in [3.63, 3.8) is 0 Å². The minimum absolute atomic E-state index is 0.225. The first kappa shape index (κ1) is 13.2. The second-order valence-corrected chi connectivity index (χ2v) is 5.11. The first-order valence-electron chi connectivity index (χ1n) is 4.90. The summed E-state index contributed by atoms with van der Waals surface area (Å²) >= 11 is 14.1. The van der Waals surface area contributed by atoms with Crippen LogP contribution >= 0.6 is 39.7 Å². The topological polar surface area (TPSA) is 63.8 Å². The molecule has 0 aliphatic heterocycles. The Hall–Kier alpha value is -1.24. The van der Waals surface area contributed by atoms with Crippen LogP contribution in [0.15, 0.2) is 35.1 Å². The van der Waals surface area contributed by atoms with Crippen molar-refractivity contribution < 1.29 is 0 Å². The summed E-state index contributed by atoms with van der Waals surface area (Å²) in [5.74, 6) is 0.601. The summed E-state index contributed by atoms with van der Waals surface area (Å²) in [6.07, 6.45) is 3.09. The summed E-state index contributed by atoms with van der Waals surface area (Å²) in [4.78, 5) is 8.47. The molecular weight excluding hydrogens is 336 g/mol. The quantitative estimate of drug-likeness (QED) is 0.837. The zero-order valence-electron chi connectivity index (χ0n) is 9.02. The maximum atomic E-state index is 5.91. The Morgan fingerprint density at radius 2 is 2.11 bits per heavy atom. The van der Waals surface area contributed by atoms with Gasteiger partial charge in [-0.25, -0.2) is 9.97 Å². The van der Waals surface area contributed by atoms with Gasteiger partial charge in [0.15, 0.2) is 0 Å². The fraction of sp³-hybridized carbons (Fsp3) is 0. The molecule has 2 rings (SSSR count). The highest BCUT2D eigenvalue weighted by Crippen LogP contribution is 2.26. The second kappa shape index (κ2) is 5.60. The number of hydrogen-bond acceptors (Lipinski definition) is 4. The van der Waals surface area contributed by atoms with Crippen molar-refractivity contribution in [2.75, 3.05) is 5.32 Å². The van der Waals surface area contributed by atoms with Gasteiger partial charge >= 0.3 is 0 Å². The van der Waals surface area contributed by atoms with Gasteiger partial charge in [-0.1, -0.05) is 23.8 Å². The lowest BCUT2D eigenvalue weighted by molar-refractivity contribution is 1.18. The number of rotatable bonds is 3. The average Bonchev–Trinajstić information content (AvgIpc) is 2.34. The van der Waals surface area contributed by atoms with E-state index in [4.69, 9.17) is 29.6 Å². The minimum Gasteiger partial charge on any atom is -0.388 e. The molecule has 0 unspecified atom stereocenters. The van der Waals surface area contributed by atoms with E-state index >= 15 is 0 Å². The van der Waals surface area contributed by atoms with Gasteiger partial charge in [0.25, 0.3) is 0 Å². The van der Waals surface area contributed by atoms with Gasteiger partial charge in [0.2, 0.25) is 0 Å². The van der Waals surface area contributed by atoms with Crippen LogP contribution < -0.4 is 11.1 Å². The monoisotopic (exact) mass is 342 g/mol. The van der Waals surface area contributed by atoms with Crippen LogP contribution in [0.4, 0.5) is 11.5 Å². The molecular formula is C11H8BrClN4S.